The number of rotatable bonds is 3. The molecule has 1 unspecified atom stereocenters. The van der Waals surface area contributed by atoms with E-state index in [2.05, 4.69) is 32.0 Å². The summed E-state index contributed by atoms with van der Waals surface area (Å²) in [5.74, 6) is 0.743. The molecule has 0 radical (unpaired) electrons. The Morgan fingerprint density at radius 1 is 1.44 bits per heavy atom. The second-order valence-corrected chi connectivity index (χ2v) is 5.48. The van der Waals surface area contributed by atoms with E-state index >= 15 is 0 Å². The molecule has 5 heteroatoms. The van der Waals surface area contributed by atoms with Crippen LogP contribution in [0.3, 0.4) is 0 Å². The highest BCUT2D eigenvalue weighted by atomic mass is 32.1. The summed E-state index contributed by atoms with van der Waals surface area (Å²) in [6.07, 6.45) is 1.13. The fraction of sp³-hybridized carbons (Fsp3) is 0.385. The Hall–Kier alpha value is -1.46. The highest BCUT2D eigenvalue weighted by Crippen LogP contribution is 2.24. The molecular formula is C13H16N4S. The molecule has 1 aliphatic rings. The van der Waals surface area contributed by atoms with Gasteiger partial charge in [-0.1, -0.05) is 6.07 Å². The summed E-state index contributed by atoms with van der Waals surface area (Å²) >= 11 is 1.71. The molecule has 2 aromatic heterocycles. The van der Waals surface area contributed by atoms with Gasteiger partial charge in [-0.05, 0) is 37.4 Å². The minimum absolute atomic E-state index is 0.447. The second kappa shape index (κ2) is 5.04. The summed E-state index contributed by atoms with van der Waals surface area (Å²) in [5, 5.41) is 8.81. The predicted octanol–water partition coefficient (Wildman–Crippen LogP) is 2.29. The molecule has 1 saturated heterocycles. The van der Waals surface area contributed by atoms with Crippen molar-refractivity contribution < 1.29 is 0 Å². The summed E-state index contributed by atoms with van der Waals surface area (Å²) in [7, 11) is 0. The number of hydrogen-bond donors (Lipinski definition) is 2. The van der Waals surface area contributed by atoms with Crippen molar-refractivity contribution in [2.45, 2.75) is 19.4 Å². The Balaban J connectivity index is 1.86. The molecule has 3 rings (SSSR count). The first-order chi connectivity index (χ1) is 8.81. The Morgan fingerprint density at radius 3 is 3.11 bits per heavy atom. The largest absolute Gasteiger partial charge is 0.350 e. The van der Waals surface area contributed by atoms with Crippen LogP contribution >= 0.6 is 11.3 Å². The number of nitrogens with zero attached hydrogens (tertiary/aromatic N) is 2. The van der Waals surface area contributed by atoms with Gasteiger partial charge in [0.05, 0.1) is 10.6 Å². The van der Waals surface area contributed by atoms with Gasteiger partial charge in [-0.3, -0.25) is 0 Å². The maximum Gasteiger partial charge on any atom is 0.223 e. The fourth-order valence-corrected chi connectivity index (χ4v) is 2.83. The quantitative estimate of drug-likeness (QED) is 0.889. The monoisotopic (exact) mass is 260 g/mol. The van der Waals surface area contributed by atoms with Gasteiger partial charge in [-0.15, -0.1) is 11.3 Å². The molecule has 0 bridgehead atoms. The van der Waals surface area contributed by atoms with Gasteiger partial charge in [0.15, 0.2) is 0 Å². The van der Waals surface area contributed by atoms with Crippen molar-refractivity contribution in [1.82, 2.24) is 15.3 Å². The van der Waals surface area contributed by atoms with Crippen molar-refractivity contribution >= 4 is 17.3 Å². The van der Waals surface area contributed by atoms with E-state index in [4.69, 9.17) is 0 Å². The van der Waals surface area contributed by atoms with Gasteiger partial charge in [0, 0.05) is 18.3 Å². The second-order valence-electron chi connectivity index (χ2n) is 4.53. The Morgan fingerprint density at radius 2 is 2.39 bits per heavy atom. The molecule has 4 nitrogen and oxygen atoms in total. The van der Waals surface area contributed by atoms with Gasteiger partial charge in [0.25, 0.3) is 0 Å². The first kappa shape index (κ1) is 11.6. The van der Waals surface area contributed by atoms with Gasteiger partial charge < -0.3 is 10.6 Å². The number of nitrogens with one attached hydrogen (secondary N) is 2. The average Bonchev–Trinajstić information content (AvgIpc) is 3.00. The van der Waals surface area contributed by atoms with Crippen molar-refractivity contribution in [2.75, 3.05) is 18.4 Å². The topological polar surface area (TPSA) is 49.8 Å². The van der Waals surface area contributed by atoms with E-state index in [1.807, 2.05) is 19.1 Å². The molecular weight excluding hydrogens is 244 g/mol. The van der Waals surface area contributed by atoms with Gasteiger partial charge in [0.2, 0.25) is 5.95 Å². The van der Waals surface area contributed by atoms with Crippen LogP contribution < -0.4 is 10.6 Å². The highest BCUT2D eigenvalue weighted by Gasteiger charge is 2.15. The summed E-state index contributed by atoms with van der Waals surface area (Å²) in [4.78, 5) is 10.2. The van der Waals surface area contributed by atoms with Crippen molar-refractivity contribution in [3.05, 3.63) is 29.3 Å². The lowest BCUT2D eigenvalue weighted by molar-refractivity contribution is 0.779. The lowest BCUT2D eigenvalue weighted by atomic mass is 10.2. The van der Waals surface area contributed by atoms with Crippen molar-refractivity contribution in [3.8, 4) is 10.6 Å². The summed E-state index contributed by atoms with van der Waals surface area (Å²) in [6, 6.07) is 6.62. The smallest absolute Gasteiger partial charge is 0.223 e. The predicted molar refractivity (Wildman–Crippen MR) is 75.0 cm³/mol. The Labute approximate surface area is 110 Å². The molecule has 0 amide bonds. The van der Waals surface area contributed by atoms with Gasteiger partial charge >= 0.3 is 0 Å². The summed E-state index contributed by atoms with van der Waals surface area (Å²) in [5.41, 5.74) is 2.01. The average molecular weight is 260 g/mol. The Kier molecular flexibility index (Phi) is 3.25. The van der Waals surface area contributed by atoms with Gasteiger partial charge in [0.1, 0.15) is 0 Å². The van der Waals surface area contributed by atoms with E-state index in [1.54, 1.807) is 11.3 Å². The molecule has 94 valence electrons. The first-order valence-electron chi connectivity index (χ1n) is 6.18. The van der Waals surface area contributed by atoms with Gasteiger partial charge in [-0.2, -0.15) is 0 Å². The number of anilines is 1. The van der Waals surface area contributed by atoms with Crippen molar-refractivity contribution in [2.24, 2.45) is 0 Å². The molecule has 0 saturated carbocycles. The molecule has 0 aromatic carbocycles. The normalized spacial score (nSPS) is 19.1. The van der Waals surface area contributed by atoms with Crippen LogP contribution in [0.15, 0.2) is 23.6 Å². The zero-order chi connectivity index (χ0) is 12.4. The van der Waals surface area contributed by atoms with E-state index in [9.17, 15) is 0 Å². The van der Waals surface area contributed by atoms with E-state index in [0.29, 0.717) is 6.04 Å². The third-order valence-corrected chi connectivity index (χ3v) is 3.91. The van der Waals surface area contributed by atoms with Gasteiger partial charge in [-0.25, -0.2) is 9.97 Å². The number of thiophene rings is 1. The minimum atomic E-state index is 0.447. The van der Waals surface area contributed by atoms with Crippen LogP contribution in [0.5, 0.6) is 0 Å². The van der Waals surface area contributed by atoms with E-state index in [0.717, 1.165) is 36.8 Å². The van der Waals surface area contributed by atoms with Crippen LogP contribution in [0.2, 0.25) is 0 Å². The Bertz CT molecular complexity index is 518. The number of aryl methyl sites for hydroxylation is 1. The van der Waals surface area contributed by atoms with E-state index in [1.165, 1.54) is 4.88 Å². The lowest BCUT2D eigenvalue weighted by Crippen LogP contribution is -2.23. The van der Waals surface area contributed by atoms with Crippen LogP contribution in [0, 0.1) is 6.92 Å². The zero-order valence-corrected chi connectivity index (χ0v) is 11.1. The highest BCUT2D eigenvalue weighted by molar-refractivity contribution is 7.13. The standard InChI is InChI=1S/C13H16N4S/c1-9-7-11(12-3-2-6-18-12)17-13(15-9)16-10-4-5-14-8-10/h2-3,6-7,10,14H,4-5,8H2,1H3,(H,15,16,17). The van der Waals surface area contributed by atoms with Crippen molar-refractivity contribution in [3.63, 3.8) is 0 Å². The number of hydrogen-bond acceptors (Lipinski definition) is 5. The van der Waals surface area contributed by atoms with Crippen LogP contribution in [0.4, 0.5) is 5.95 Å². The van der Waals surface area contributed by atoms with Crippen LogP contribution in [0.25, 0.3) is 10.6 Å². The third kappa shape index (κ3) is 2.52. The molecule has 2 aromatic rings. The fourth-order valence-electron chi connectivity index (χ4n) is 2.14. The van der Waals surface area contributed by atoms with E-state index in [-0.39, 0.29) is 0 Å². The summed E-state index contributed by atoms with van der Waals surface area (Å²) in [6.45, 7) is 4.07. The van der Waals surface area contributed by atoms with Crippen molar-refractivity contribution in [1.29, 1.82) is 0 Å². The zero-order valence-electron chi connectivity index (χ0n) is 10.3. The summed E-state index contributed by atoms with van der Waals surface area (Å²) < 4.78 is 0. The molecule has 1 fully saturated rings. The molecule has 18 heavy (non-hydrogen) atoms. The van der Waals surface area contributed by atoms with Crippen LogP contribution in [-0.4, -0.2) is 29.1 Å². The van der Waals surface area contributed by atoms with Crippen LogP contribution in [0.1, 0.15) is 12.1 Å². The minimum Gasteiger partial charge on any atom is -0.350 e. The number of aromatic nitrogens is 2. The molecule has 2 N–H and O–H groups in total. The van der Waals surface area contributed by atoms with Crippen LogP contribution in [-0.2, 0) is 0 Å². The molecule has 0 aliphatic carbocycles. The molecule has 0 spiro atoms. The third-order valence-electron chi connectivity index (χ3n) is 3.02. The van der Waals surface area contributed by atoms with E-state index < -0.39 is 0 Å². The molecule has 1 aliphatic heterocycles. The maximum absolute atomic E-state index is 4.60. The molecule has 1 atom stereocenters. The lowest BCUT2D eigenvalue weighted by Gasteiger charge is -2.12. The first-order valence-corrected chi connectivity index (χ1v) is 7.06. The maximum atomic E-state index is 4.60. The SMILES string of the molecule is Cc1cc(-c2cccs2)nc(NC2CCNC2)n1. The molecule has 3 heterocycles.